The number of halogens is 3. The molecule has 2 aromatic rings. The van der Waals surface area contributed by atoms with E-state index in [1.807, 2.05) is 0 Å². The average molecular weight is 395 g/mol. The first-order valence-corrected chi connectivity index (χ1v) is 9.10. The number of imide groups is 1. The topological polar surface area (TPSA) is 79.3 Å². The zero-order chi connectivity index (χ0) is 20.1. The van der Waals surface area contributed by atoms with Gasteiger partial charge in [0.15, 0.2) is 0 Å². The molecule has 2 saturated heterocycles. The molecule has 1 aromatic heterocycles. The van der Waals surface area contributed by atoms with Gasteiger partial charge < -0.3 is 10.2 Å². The molecular weight excluding hydrogens is 375 g/mol. The predicted octanol–water partition coefficient (Wildman–Crippen LogP) is 1.43. The van der Waals surface area contributed by atoms with Crippen LogP contribution in [0, 0.1) is 0 Å². The number of aromatic nitrogens is 2. The number of rotatable bonds is 2. The number of hydrogen-bond donors (Lipinski definition) is 2. The number of nitrogens with one attached hydrogen (secondary N) is 2. The Morgan fingerprint density at radius 3 is 2.75 bits per heavy atom. The van der Waals surface area contributed by atoms with Crippen LogP contribution in [0.3, 0.4) is 0 Å². The molecule has 0 radical (unpaired) electrons. The van der Waals surface area contributed by atoms with Crippen molar-refractivity contribution >= 4 is 28.4 Å². The molecule has 28 heavy (non-hydrogen) atoms. The quantitative estimate of drug-likeness (QED) is 0.753. The van der Waals surface area contributed by atoms with Crippen LogP contribution in [0.2, 0.25) is 0 Å². The highest BCUT2D eigenvalue weighted by atomic mass is 19.4. The molecule has 0 bridgehead atoms. The number of carbonyl (C=O) groups is 2. The molecule has 4 rings (SSSR count). The lowest BCUT2D eigenvalue weighted by atomic mass is 9.92. The van der Waals surface area contributed by atoms with E-state index in [-0.39, 0.29) is 25.4 Å². The third kappa shape index (κ3) is 3.11. The number of anilines is 1. The van der Waals surface area contributed by atoms with Crippen molar-refractivity contribution in [2.75, 3.05) is 24.5 Å². The smallest absolute Gasteiger partial charge is 0.356 e. The van der Waals surface area contributed by atoms with E-state index in [1.165, 1.54) is 9.58 Å². The standard InChI is InChI=1S/C18H20F3N5O2/c1-25-16-10(15(24-25)11-5-6-14(27)23-17(11)28)3-2-4-12(16)26-8-7-22-9-13(26)18(19,20)21/h2-4,11,13,22H,5-9H2,1H3,(H,23,27,28)/t11?,13-/m0/s1. The summed E-state index contributed by atoms with van der Waals surface area (Å²) in [5, 5.41) is 10.2. The molecule has 1 unspecified atom stereocenters. The van der Waals surface area contributed by atoms with E-state index in [2.05, 4.69) is 15.7 Å². The first kappa shape index (κ1) is 18.7. The van der Waals surface area contributed by atoms with Gasteiger partial charge in [-0.2, -0.15) is 18.3 Å². The van der Waals surface area contributed by atoms with Gasteiger partial charge in [0, 0.05) is 38.5 Å². The number of para-hydroxylation sites is 1. The number of carbonyl (C=O) groups excluding carboxylic acids is 2. The minimum atomic E-state index is -4.37. The van der Waals surface area contributed by atoms with Gasteiger partial charge in [-0.05, 0) is 12.5 Å². The summed E-state index contributed by atoms with van der Waals surface area (Å²) in [4.78, 5) is 25.1. The third-order valence-electron chi connectivity index (χ3n) is 5.37. The monoisotopic (exact) mass is 395 g/mol. The fourth-order valence-electron chi connectivity index (χ4n) is 4.07. The number of benzene rings is 1. The summed E-state index contributed by atoms with van der Waals surface area (Å²) in [5.74, 6) is -1.34. The molecule has 2 aliphatic rings. The molecule has 0 spiro atoms. The maximum absolute atomic E-state index is 13.6. The van der Waals surface area contributed by atoms with E-state index in [1.54, 1.807) is 25.2 Å². The maximum Gasteiger partial charge on any atom is 0.409 e. The van der Waals surface area contributed by atoms with Crippen molar-refractivity contribution < 1.29 is 22.8 Å². The highest BCUT2D eigenvalue weighted by molar-refractivity contribution is 6.03. The van der Waals surface area contributed by atoms with Crippen LogP contribution in [0.5, 0.6) is 0 Å². The molecule has 150 valence electrons. The number of piperazine rings is 1. The lowest BCUT2D eigenvalue weighted by molar-refractivity contribution is -0.149. The van der Waals surface area contributed by atoms with Crippen LogP contribution >= 0.6 is 0 Å². The number of aryl methyl sites for hydroxylation is 1. The summed E-state index contributed by atoms with van der Waals surface area (Å²) < 4.78 is 42.2. The van der Waals surface area contributed by atoms with E-state index in [9.17, 15) is 22.8 Å². The average Bonchev–Trinajstić information content (AvgIpc) is 2.98. The number of fused-ring (bicyclic) bond motifs is 1. The molecule has 0 saturated carbocycles. The Bertz CT molecular complexity index is 939. The van der Waals surface area contributed by atoms with Crippen LogP contribution < -0.4 is 15.5 Å². The molecule has 2 aliphatic heterocycles. The van der Waals surface area contributed by atoms with E-state index >= 15 is 0 Å². The van der Waals surface area contributed by atoms with Gasteiger partial charge >= 0.3 is 6.18 Å². The Hall–Kier alpha value is -2.62. The fourth-order valence-corrected chi connectivity index (χ4v) is 4.07. The lowest BCUT2D eigenvalue weighted by Gasteiger charge is -2.39. The molecule has 2 N–H and O–H groups in total. The molecule has 0 aliphatic carbocycles. The van der Waals surface area contributed by atoms with Crippen LogP contribution in [0.25, 0.3) is 10.9 Å². The Labute approximate surface area is 158 Å². The molecule has 10 heteroatoms. The summed E-state index contributed by atoms with van der Waals surface area (Å²) in [6.07, 6.45) is -3.83. The van der Waals surface area contributed by atoms with E-state index < -0.39 is 24.0 Å². The van der Waals surface area contributed by atoms with Crippen LogP contribution in [-0.2, 0) is 16.6 Å². The molecule has 2 fully saturated rings. The zero-order valence-electron chi connectivity index (χ0n) is 15.2. The largest absolute Gasteiger partial charge is 0.409 e. The normalized spacial score (nSPS) is 23.9. The minimum absolute atomic E-state index is 0.183. The van der Waals surface area contributed by atoms with Crippen molar-refractivity contribution in [3.8, 4) is 0 Å². The highest BCUT2D eigenvalue weighted by Crippen LogP contribution is 2.37. The van der Waals surface area contributed by atoms with Crippen LogP contribution in [0.15, 0.2) is 18.2 Å². The molecular formula is C18H20F3N5O2. The first-order chi connectivity index (χ1) is 13.3. The summed E-state index contributed by atoms with van der Waals surface area (Å²) in [7, 11) is 1.66. The number of alkyl halides is 3. The second-order valence-electron chi connectivity index (χ2n) is 7.14. The Balaban J connectivity index is 1.80. The van der Waals surface area contributed by atoms with E-state index in [4.69, 9.17) is 0 Å². The van der Waals surface area contributed by atoms with Gasteiger partial charge in [0.2, 0.25) is 11.8 Å². The van der Waals surface area contributed by atoms with E-state index in [0.717, 1.165) is 0 Å². The molecule has 1 aromatic carbocycles. The second-order valence-corrected chi connectivity index (χ2v) is 7.14. The maximum atomic E-state index is 13.6. The predicted molar refractivity (Wildman–Crippen MR) is 95.9 cm³/mol. The van der Waals surface area contributed by atoms with Crippen LogP contribution in [-0.4, -0.2) is 53.4 Å². The SMILES string of the molecule is Cn1nc(C2CCC(=O)NC2=O)c2cccc(N3CCNC[C@H]3C(F)(F)F)c21. The molecule has 2 amide bonds. The fraction of sp³-hybridized carbons (Fsp3) is 0.500. The number of hydrogen-bond acceptors (Lipinski definition) is 5. The van der Waals surface area contributed by atoms with Gasteiger partial charge in [-0.3, -0.25) is 19.6 Å². The first-order valence-electron chi connectivity index (χ1n) is 9.10. The number of nitrogens with zero attached hydrogens (tertiary/aromatic N) is 3. The van der Waals surface area contributed by atoms with Crippen molar-refractivity contribution in [2.24, 2.45) is 7.05 Å². The summed E-state index contributed by atoms with van der Waals surface area (Å²) in [6, 6.07) is 3.46. The number of piperidine rings is 1. The van der Waals surface area contributed by atoms with Crippen molar-refractivity contribution in [3.63, 3.8) is 0 Å². The molecule has 3 heterocycles. The van der Waals surface area contributed by atoms with Crippen LogP contribution in [0.1, 0.15) is 24.5 Å². The van der Waals surface area contributed by atoms with Gasteiger partial charge in [0.25, 0.3) is 0 Å². The third-order valence-corrected chi connectivity index (χ3v) is 5.37. The van der Waals surface area contributed by atoms with Crippen LogP contribution in [0.4, 0.5) is 18.9 Å². The van der Waals surface area contributed by atoms with Gasteiger partial charge in [0.05, 0.1) is 22.8 Å². The van der Waals surface area contributed by atoms with Crippen molar-refractivity contribution in [2.45, 2.75) is 31.0 Å². The minimum Gasteiger partial charge on any atom is -0.356 e. The Morgan fingerprint density at radius 2 is 2.04 bits per heavy atom. The second kappa shape index (κ2) is 6.77. The zero-order valence-corrected chi connectivity index (χ0v) is 15.2. The van der Waals surface area contributed by atoms with Crippen molar-refractivity contribution in [1.29, 1.82) is 0 Å². The lowest BCUT2D eigenvalue weighted by Crippen LogP contribution is -2.58. The molecule has 2 atom stereocenters. The van der Waals surface area contributed by atoms with Gasteiger partial charge in [-0.15, -0.1) is 0 Å². The summed E-state index contributed by atoms with van der Waals surface area (Å²) in [6.45, 7) is 0.473. The van der Waals surface area contributed by atoms with Gasteiger partial charge in [-0.25, -0.2) is 0 Å². The number of amides is 2. The van der Waals surface area contributed by atoms with E-state index in [0.29, 0.717) is 35.2 Å². The Morgan fingerprint density at radius 1 is 1.25 bits per heavy atom. The van der Waals surface area contributed by atoms with Crippen molar-refractivity contribution in [1.82, 2.24) is 20.4 Å². The van der Waals surface area contributed by atoms with Gasteiger partial charge in [-0.1, -0.05) is 12.1 Å². The Kier molecular flexibility index (Phi) is 4.53. The van der Waals surface area contributed by atoms with Gasteiger partial charge in [0.1, 0.15) is 6.04 Å². The summed E-state index contributed by atoms with van der Waals surface area (Å²) in [5.41, 5.74) is 1.48. The van der Waals surface area contributed by atoms with Crippen molar-refractivity contribution in [3.05, 3.63) is 23.9 Å². The molecule has 7 nitrogen and oxygen atoms in total. The highest BCUT2D eigenvalue weighted by Gasteiger charge is 2.45. The summed E-state index contributed by atoms with van der Waals surface area (Å²) >= 11 is 0.